The quantitative estimate of drug-likeness (QED) is 0.148. The molecule has 1 atom stereocenters. The molecule has 1 unspecified atom stereocenters. The highest BCUT2D eigenvalue weighted by Crippen LogP contribution is 2.26. The Hall–Kier alpha value is -4.05. The van der Waals surface area contributed by atoms with Crippen LogP contribution in [-0.4, -0.2) is 50.5 Å². The van der Waals surface area contributed by atoms with Gasteiger partial charge in [0, 0.05) is 19.5 Å². The van der Waals surface area contributed by atoms with E-state index < -0.39 is 28.5 Å². The Morgan fingerprint density at radius 3 is 2.00 bits per heavy atom. The topological polar surface area (TPSA) is 96.0 Å². The highest BCUT2D eigenvalue weighted by Gasteiger charge is 2.33. The van der Waals surface area contributed by atoms with Crippen LogP contribution in [0.5, 0.6) is 5.75 Å². The number of nitrogens with one attached hydrogen (secondary N) is 1. The largest absolute Gasteiger partial charge is 0.489 e. The third-order valence-electron chi connectivity index (χ3n) is 7.34. The molecular formula is C36H39Cl2N3O5S. The standard InChI is InChI=1S/C36H39Cl2N3O5S/c1-26(2)22-39-36(43)34(21-27-10-6-4-7-11-27)40(23-29-14-19-32(37)33(38)20-29)35(42)24-41(47(3,44)45)30-15-17-31(18-16-30)46-25-28-12-8-5-9-13-28/h4-20,26,34H,21-25H2,1-3H3,(H,39,43). The van der Waals surface area contributed by atoms with Gasteiger partial charge in [0.15, 0.2) is 0 Å². The molecule has 11 heteroatoms. The molecule has 0 bridgehead atoms. The van der Waals surface area contributed by atoms with Gasteiger partial charge < -0.3 is 15.0 Å². The van der Waals surface area contributed by atoms with Gasteiger partial charge in [-0.2, -0.15) is 0 Å². The summed E-state index contributed by atoms with van der Waals surface area (Å²) in [4.78, 5) is 29.5. The predicted octanol–water partition coefficient (Wildman–Crippen LogP) is 6.75. The summed E-state index contributed by atoms with van der Waals surface area (Å²) in [5, 5.41) is 3.61. The first-order chi connectivity index (χ1) is 22.4. The first kappa shape index (κ1) is 35.8. The number of carbonyl (C=O) groups is 2. The van der Waals surface area contributed by atoms with E-state index in [-0.39, 0.29) is 30.5 Å². The lowest BCUT2D eigenvalue weighted by Gasteiger charge is -2.33. The van der Waals surface area contributed by atoms with E-state index in [0.717, 1.165) is 21.7 Å². The molecule has 0 saturated carbocycles. The van der Waals surface area contributed by atoms with Crippen LogP contribution < -0.4 is 14.4 Å². The average Bonchev–Trinajstić information content (AvgIpc) is 3.05. The van der Waals surface area contributed by atoms with Crippen LogP contribution >= 0.6 is 23.2 Å². The monoisotopic (exact) mass is 695 g/mol. The summed E-state index contributed by atoms with van der Waals surface area (Å²) in [6.07, 6.45) is 1.25. The van der Waals surface area contributed by atoms with E-state index in [2.05, 4.69) is 5.32 Å². The molecule has 0 saturated heterocycles. The Labute approximate surface area is 287 Å². The lowest BCUT2D eigenvalue weighted by atomic mass is 10.0. The Kier molecular flexibility index (Phi) is 12.7. The van der Waals surface area contributed by atoms with E-state index in [1.807, 2.05) is 74.5 Å². The normalized spacial score (nSPS) is 12.0. The number of hydrogen-bond donors (Lipinski definition) is 1. The third-order valence-corrected chi connectivity index (χ3v) is 9.22. The zero-order valence-electron chi connectivity index (χ0n) is 26.6. The lowest BCUT2D eigenvalue weighted by molar-refractivity contribution is -0.140. The molecule has 0 radical (unpaired) electrons. The number of sulfonamides is 1. The van der Waals surface area contributed by atoms with Crippen LogP contribution in [0.25, 0.3) is 0 Å². The van der Waals surface area contributed by atoms with E-state index in [9.17, 15) is 18.0 Å². The van der Waals surface area contributed by atoms with Gasteiger partial charge in [-0.05, 0) is 59.0 Å². The smallest absolute Gasteiger partial charge is 0.244 e. The van der Waals surface area contributed by atoms with Gasteiger partial charge in [-0.25, -0.2) is 8.42 Å². The molecule has 0 spiro atoms. The van der Waals surface area contributed by atoms with Crippen LogP contribution in [-0.2, 0) is 39.2 Å². The van der Waals surface area contributed by atoms with Gasteiger partial charge in [-0.3, -0.25) is 13.9 Å². The van der Waals surface area contributed by atoms with E-state index in [0.29, 0.717) is 34.5 Å². The maximum Gasteiger partial charge on any atom is 0.244 e. The first-order valence-corrected chi connectivity index (χ1v) is 17.8. The van der Waals surface area contributed by atoms with E-state index >= 15 is 0 Å². The van der Waals surface area contributed by atoms with Crippen LogP contribution in [0.4, 0.5) is 5.69 Å². The van der Waals surface area contributed by atoms with Crippen molar-refractivity contribution in [2.24, 2.45) is 5.92 Å². The van der Waals surface area contributed by atoms with Crippen molar-refractivity contribution in [1.82, 2.24) is 10.2 Å². The van der Waals surface area contributed by atoms with Crippen molar-refractivity contribution in [3.05, 3.63) is 130 Å². The maximum atomic E-state index is 14.3. The number of rotatable bonds is 15. The second-order valence-corrected chi connectivity index (χ2v) is 14.4. The van der Waals surface area contributed by atoms with Crippen molar-refractivity contribution >= 4 is 50.7 Å². The van der Waals surface area contributed by atoms with Gasteiger partial charge in [0.25, 0.3) is 0 Å². The van der Waals surface area contributed by atoms with Crippen LogP contribution in [0.3, 0.4) is 0 Å². The second-order valence-electron chi connectivity index (χ2n) is 11.7. The molecule has 248 valence electrons. The number of nitrogens with zero attached hydrogens (tertiary/aromatic N) is 2. The summed E-state index contributed by atoms with van der Waals surface area (Å²) in [6.45, 7) is 4.17. The fourth-order valence-corrected chi connectivity index (χ4v) is 6.04. The number of amides is 2. The zero-order valence-corrected chi connectivity index (χ0v) is 28.9. The SMILES string of the molecule is CC(C)CNC(=O)C(Cc1ccccc1)N(Cc1ccc(Cl)c(Cl)c1)C(=O)CN(c1ccc(OCc2ccccc2)cc1)S(C)(=O)=O. The minimum Gasteiger partial charge on any atom is -0.489 e. The number of anilines is 1. The number of hydrogen-bond acceptors (Lipinski definition) is 5. The van der Waals surface area contributed by atoms with Gasteiger partial charge in [-0.1, -0.05) is 104 Å². The summed E-state index contributed by atoms with van der Waals surface area (Å²) < 4.78 is 33.1. The van der Waals surface area contributed by atoms with Gasteiger partial charge in [0.1, 0.15) is 24.9 Å². The van der Waals surface area contributed by atoms with Crippen molar-refractivity contribution in [3.63, 3.8) is 0 Å². The molecule has 0 aromatic heterocycles. The fraction of sp³-hybridized carbons (Fsp3) is 0.278. The minimum absolute atomic E-state index is 0.00775. The highest BCUT2D eigenvalue weighted by molar-refractivity contribution is 7.92. The first-order valence-electron chi connectivity index (χ1n) is 15.2. The summed E-state index contributed by atoms with van der Waals surface area (Å²) in [7, 11) is -3.92. The molecule has 2 amide bonds. The summed E-state index contributed by atoms with van der Waals surface area (Å²) in [5.74, 6) is -0.187. The number of benzene rings is 4. The molecule has 4 aromatic rings. The molecule has 0 heterocycles. The highest BCUT2D eigenvalue weighted by atomic mass is 35.5. The molecule has 1 N–H and O–H groups in total. The molecule has 47 heavy (non-hydrogen) atoms. The van der Waals surface area contributed by atoms with E-state index in [1.165, 1.54) is 4.90 Å². The van der Waals surface area contributed by atoms with E-state index in [4.69, 9.17) is 27.9 Å². The molecule has 0 aliphatic heterocycles. The molecule has 0 fully saturated rings. The number of ether oxygens (including phenoxy) is 1. The maximum absolute atomic E-state index is 14.3. The predicted molar refractivity (Wildman–Crippen MR) is 188 cm³/mol. The van der Waals surface area contributed by atoms with Crippen LogP contribution in [0, 0.1) is 5.92 Å². The molecule has 4 aromatic carbocycles. The van der Waals surface area contributed by atoms with Crippen molar-refractivity contribution in [1.29, 1.82) is 0 Å². The number of halogens is 2. The third kappa shape index (κ3) is 10.7. The van der Waals surface area contributed by atoms with Crippen LogP contribution in [0.15, 0.2) is 103 Å². The van der Waals surface area contributed by atoms with Gasteiger partial charge in [0.05, 0.1) is 22.0 Å². The number of carbonyl (C=O) groups excluding carboxylic acids is 2. The van der Waals surface area contributed by atoms with Crippen molar-refractivity contribution in [2.75, 3.05) is 23.7 Å². The Balaban J connectivity index is 1.65. The van der Waals surface area contributed by atoms with Crippen LogP contribution in [0.1, 0.15) is 30.5 Å². The molecule has 8 nitrogen and oxygen atoms in total. The summed E-state index contributed by atoms with van der Waals surface area (Å²) in [6, 6.07) is 29.6. The minimum atomic E-state index is -3.92. The molecule has 4 rings (SSSR count). The van der Waals surface area contributed by atoms with Gasteiger partial charge in [-0.15, -0.1) is 0 Å². The average molecular weight is 697 g/mol. The lowest BCUT2D eigenvalue weighted by Crippen LogP contribution is -2.53. The van der Waals surface area contributed by atoms with Gasteiger partial charge in [0.2, 0.25) is 21.8 Å². The summed E-state index contributed by atoms with van der Waals surface area (Å²) >= 11 is 12.5. The fourth-order valence-electron chi connectivity index (χ4n) is 4.87. The van der Waals surface area contributed by atoms with Crippen molar-refractivity contribution in [2.45, 2.75) is 39.5 Å². The molecule has 0 aliphatic carbocycles. The van der Waals surface area contributed by atoms with Gasteiger partial charge >= 0.3 is 0 Å². The van der Waals surface area contributed by atoms with Crippen LogP contribution in [0.2, 0.25) is 10.0 Å². The summed E-state index contributed by atoms with van der Waals surface area (Å²) in [5.41, 5.74) is 2.75. The Bertz CT molecular complexity index is 1740. The Morgan fingerprint density at radius 1 is 0.809 bits per heavy atom. The van der Waals surface area contributed by atoms with Crippen molar-refractivity contribution < 1.29 is 22.7 Å². The molecule has 0 aliphatic rings. The Morgan fingerprint density at radius 2 is 1.43 bits per heavy atom. The van der Waals surface area contributed by atoms with E-state index in [1.54, 1.807) is 42.5 Å². The molecular weight excluding hydrogens is 657 g/mol. The second kappa shape index (κ2) is 16.7. The zero-order chi connectivity index (χ0) is 34.0. The van der Waals surface area contributed by atoms with Crippen molar-refractivity contribution in [3.8, 4) is 5.75 Å².